The van der Waals surface area contributed by atoms with Gasteiger partial charge in [-0.05, 0) is 23.8 Å². The van der Waals surface area contributed by atoms with Gasteiger partial charge in [-0.2, -0.15) is 0 Å². The molecule has 1 N–H and O–H groups in total. The maximum atomic E-state index is 14.3. The number of rotatable bonds is 3. The van der Waals surface area contributed by atoms with E-state index < -0.39 is 5.82 Å². The van der Waals surface area contributed by atoms with Crippen LogP contribution in [0.4, 0.5) is 4.39 Å². The van der Waals surface area contributed by atoms with Crippen molar-refractivity contribution in [3.05, 3.63) is 52.8 Å². The van der Waals surface area contributed by atoms with E-state index in [0.717, 1.165) is 0 Å². The molecule has 18 heavy (non-hydrogen) atoms. The van der Waals surface area contributed by atoms with Crippen molar-refractivity contribution in [1.82, 2.24) is 0 Å². The first-order valence-electron chi connectivity index (χ1n) is 5.39. The molecular formula is C14H12ClFO2. The molecule has 0 aliphatic rings. The van der Waals surface area contributed by atoms with Crippen LogP contribution in [0.3, 0.4) is 0 Å². The van der Waals surface area contributed by atoms with Crippen LogP contribution in [0.2, 0.25) is 5.02 Å². The van der Waals surface area contributed by atoms with Crippen molar-refractivity contribution >= 4 is 11.6 Å². The van der Waals surface area contributed by atoms with Gasteiger partial charge in [-0.25, -0.2) is 4.39 Å². The van der Waals surface area contributed by atoms with Crippen molar-refractivity contribution in [2.24, 2.45) is 0 Å². The minimum Gasteiger partial charge on any atom is -0.496 e. The molecule has 2 aromatic rings. The second-order valence-corrected chi connectivity index (χ2v) is 4.22. The molecule has 0 unspecified atom stereocenters. The monoisotopic (exact) mass is 266 g/mol. The fourth-order valence-electron chi connectivity index (χ4n) is 1.81. The molecule has 4 heteroatoms. The first kappa shape index (κ1) is 12.9. The molecule has 2 nitrogen and oxygen atoms in total. The van der Waals surface area contributed by atoms with Gasteiger partial charge in [0.05, 0.1) is 19.3 Å². The third-order valence-electron chi connectivity index (χ3n) is 2.69. The molecule has 0 aromatic heterocycles. The maximum Gasteiger partial charge on any atom is 0.140 e. The Kier molecular flexibility index (Phi) is 3.84. The number of hydrogen-bond acceptors (Lipinski definition) is 2. The summed E-state index contributed by atoms with van der Waals surface area (Å²) in [6, 6.07) is 9.98. The molecule has 0 aliphatic heterocycles. The molecule has 2 aromatic carbocycles. The second kappa shape index (κ2) is 5.38. The molecule has 0 atom stereocenters. The Morgan fingerprint density at radius 3 is 2.67 bits per heavy atom. The minimum absolute atomic E-state index is 0.228. The average Bonchev–Trinajstić information content (AvgIpc) is 2.38. The van der Waals surface area contributed by atoms with E-state index in [0.29, 0.717) is 21.9 Å². The van der Waals surface area contributed by atoms with E-state index in [1.54, 1.807) is 30.3 Å². The van der Waals surface area contributed by atoms with Gasteiger partial charge in [-0.15, -0.1) is 0 Å². The summed E-state index contributed by atoms with van der Waals surface area (Å²) >= 11 is 5.90. The van der Waals surface area contributed by atoms with Crippen LogP contribution in [-0.2, 0) is 6.61 Å². The number of aliphatic hydroxyl groups is 1. The number of hydrogen-bond donors (Lipinski definition) is 1. The summed E-state index contributed by atoms with van der Waals surface area (Å²) in [6.45, 7) is -0.358. The van der Waals surface area contributed by atoms with Crippen molar-refractivity contribution < 1.29 is 14.2 Å². The van der Waals surface area contributed by atoms with E-state index in [2.05, 4.69) is 0 Å². The number of halogens is 2. The highest BCUT2D eigenvalue weighted by atomic mass is 35.5. The van der Waals surface area contributed by atoms with E-state index in [4.69, 9.17) is 21.4 Å². The number of aliphatic hydroxyl groups excluding tert-OH is 1. The molecule has 0 spiro atoms. The maximum absolute atomic E-state index is 14.3. The molecule has 0 radical (unpaired) electrons. The summed E-state index contributed by atoms with van der Waals surface area (Å²) in [5.74, 6) is -0.0777. The Labute approximate surface area is 110 Å². The van der Waals surface area contributed by atoms with Gasteiger partial charge < -0.3 is 9.84 Å². The quantitative estimate of drug-likeness (QED) is 0.919. The summed E-state index contributed by atoms with van der Waals surface area (Å²) in [5, 5.41) is 9.62. The highest BCUT2D eigenvalue weighted by Crippen LogP contribution is 2.35. The van der Waals surface area contributed by atoms with Crippen molar-refractivity contribution in [2.45, 2.75) is 6.61 Å². The van der Waals surface area contributed by atoms with Crippen LogP contribution in [0, 0.1) is 5.82 Å². The van der Waals surface area contributed by atoms with Crippen LogP contribution in [0.25, 0.3) is 11.1 Å². The Morgan fingerprint density at radius 1 is 1.28 bits per heavy atom. The van der Waals surface area contributed by atoms with Crippen molar-refractivity contribution in [3.8, 4) is 16.9 Å². The molecule has 0 saturated carbocycles. The smallest absolute Gasteiger partial charge is 0.140 e. The molecule has 0 amide bonds. The van der Waals surface area contributed by atoms with Gasteiger partial charge in [0.1, 0.15) is 11.6 Å². The van der Waals surface area contributed by atoms with Crippen LogP contribution in [-0.4, -0.2) is 12.2 Å². The average molecular weight is 267 g/mol. The predicted molar refractivity (Wildman–Crippen MR) is 69.3 cm³/mol. The lowest BCUT2D eigenvalue weighted by molar-refractivity contribution is 0.275. The lowest BCUT2D eigenvalue weighted by atomic mass is 10.0. The topological polar surface area (TPSA) is 29.5 Å². The highest BCUT2D eigenvalue weighted by Gasteiger charge is 2.15. The van der Waals surface area contributed by atoms with E-state index in [-0.39, 0.29) is 12.2 Å². The molecule has 0 bridgehead atoms. The summed E-state index contributed by atoms with van der Waals surface area (Å²) in [4.78, 5) is 0. The normalized spacial score (nSPS) is 10.4. The van der Waals surface area contributed by atoms with E-state index >= 15 is 0 Å². The third kappa shape index (κ3) is 2.33. The lowest BCUT2D eigenvalue weighted by Crippen LogP contribution is -1.97. The number of ether oxygens (including phenoxy) is 1. The first-order valence-corrected chi connectivity index (χ1v) is 5.77. The zero-order valence-electron chi connectivity index (χ0n) is 9.78. The van der Waals surface area contributed by atoms with Gasteiger partial charge in [-0.3, -0.25) is 0 Å². The Hall–Kier alpha value is -1.58. The van der Waals surface area contributed by atoms with Gasteiger partial charge in [-0.1, -0.05) is 29.8 Å². The summed E-state index contributed by atoms with van der Waals surface area (Å²) in [7, 11) is 1.47. The van der Waals surface area contributed by atoms with Crippen molar-refractivity contribution in [2.75, 3.05) is 7.11 Å². The molecule has 0 heterocycles. The minimum atomic E-state index is -0.487. The highest BCUT2D eigenvalue weighted by molar-refractivity contribution is 6.30. The Morgan fingerprint density at radius 2 is 2.06 bits per heavy atom. The fourth-order valence-corrected chi connectivity index (χ4v) is 2.00. The fraction of sp³-hybridized carbons (Fsp3) is 0.143. The molecular weight excluding hydrogens is 255 g/mol. The van der Waals surface area contributed by atoms with E-state index in [1.165, 1.54) is 13.2 Å². The number of benzene rings is 2. The van der Waals surface area contributed by atoms with Gasteiger partial charge in [0.25, 0.3) is 0 Å². The van der Waals surface area contributed by atoms with E-state index in [1.807, 2.05) is 0 Å². The third-order valence-corrected chi connectivity index (χ3v) is 2.92. The largest absolute Gasteiger partial charge is 0.496 e. The molecule has 0 aliphatic carbocycles. The molecule has 94 valence electrons. The van der Waals surface area contributed by atoms with Crippen LogP contribution < -0.4 is 4.74 Å². The molecule has 0 fully saturated rings. The standard InChI is InChI=1S/C14H12ClFO2/c1-18-12-6-5-10(8-17)14(16)13(12)9-3-2-4-11(15)7-9/h2-7,17H,8H2,1H3. The second-order valence-electron chi connectivity index (χ2n) is 3.78. The van der Waals surface area contributed by atoms with Gasteiger partial charge >= 0.3 is 0 Å². The van der Waals surface area contributed by atoms with Crippen molar-refractivity contribution in [3.63, 3.8) is 0 Å². The van der Waals surface area contributed by atoms with Gasteiger partial charge in [0.2, 0.25) is 0 Å². The van der Waals surface area contributed by atoms with Crippen LogP contribution >= 0.6 is 11.6 Å². The SMILES string of the molecule is COc1ccc(CO)c(F)c1-c1cccc(Cl)c1. The van der Waals surface area contributed by atoms with Crippen LogP contribution in [0.15, 0.2) is 36.4 Å². The molecule has 2 rings (SSSR count). The predicted octanol–water partition coefficient (Wildman–Crippen LogP) is 3.65. The van der Waals surface area contributed by atoms with Crippen LogP contribution in [0.1, 0.15) is 5.56 Å². The van der Waals surface area contributed by atoms with Gasteiger partial charge in [0, 0.05) is 10.6 Å². The van der Waals surface area contributed by atoms with Crippen LogP contribution in [0.5, 0.6) is 5.75 Å². The molecule has 0 saturated heterocycles. The summed E-state index contributed by atoms with van der Waals surface area (Å²) < 4.78 is 19.4. The zero-order chi connectivity index (χ0) is 13.1. The van der Waals surface area contributed by atoms with E-state index in [9.17, 15) is 4.39 Å². The first-order chi connectivity index (χ1) is 8.67. The Balaban J connectivity index is 2.68. The van der Waals surface area contributed by atoms with Gasteiger partial charge in [0.15, 0.2) is 0 Å². The lowest BCUT2D eigenvalue weighted by Gasteiger charge is -2.12. The number of methoxy groups -OCH3 is 1. The summed E-state index contributed by atoms with van der Waals surface area (Å²) in [6.07, 6.45) is 0. The zero-order valence-corrected chi connectivity index (χ0v) is 10.5. The summed E-state index contributed by atoms with van der Waals surface area (Å²) in [5.41, 5.74) is 1.16. The van der Waals surface area contributed by atoms with Crippen molar-refractivity contribution in [1.29, 1.82) is 0 Å². The Bertz CT molecular complexity index is 570.